The maximum absolute atomic E-state index is 5.34. The van der Waals surface area contributed by atoms with E-state index in [0.717, 1.165) is 50.0 Å². The molecule has 0 saturated heterocycles. The number of aromatic nitrogens is 4. The molecule has 3 heterocycles. The summed E-state index contributed by atoms with van der Waals surface area (Å²) in [6, 6.07) is 53.3. The number of fused-ring (bicyclic) bond motifs is 5. The predicted molar refractivity (Wildman–Crippen MR) is 182 cm³/mol. The average molecular weight is 563 g/mol. The van der Waals surface area contributed by atoms with Gasteiger partial charge in [0.05, 0.1) is 27.8 Å². The lowest BCUT2D eigenvalue weighted by atomic mass is 10.00. The van der Waals surface area contributed by atoms with Crippen molar-refractivity contribution in [1.82, 2.24) is 19.1 Å². The summed E-state index contributed by atoms with van der Waals surface area (Å²) < 4.78 is 4.47. The van der Waals surface area contributed by atoms with Gasteiger partial charge in [-0.15, -0.1) is 0 Å². The molecule has 0 aliphatic heterocycles. The summed E-state index contributed by atoms with van der Waals surface area (Å²) in [5, 5.41) is 4.59. The van der Waals surface area contributed by atoms with Gasteiger partial charge in [-0.2, -0.15) is 0 Å². The minimum Gasteiger partial charge on any atom is -0.316 e. The lowest BCUT2D eigenvalue weighted by molar-refractivity contribution is 1.01. The Hall–Kier alpha value is -6.00. The van der Waals surface area contributed by atoms with Crippen LogP contribution >= 0.6 is 0 Å². The average Bonchev–Trinajstić information content (AvgIpc) is 3.66. The molecule has 44 heavy (non-hydrogen) atoms. The molecule has 6 aromatic carbocycles. The summed E-state index contributed by atoms with van der Waals surface area (Å²) in [4.78, 5) is 10.5. The SMILES string of the molecule is c1ccc(-c2cccc(-c3nc(-n4c5ccccc5c5cc6ccn(-c7ccccc7)c6cc54)nc4ccccc34)c2)cc1. The van der Waals surface area contributed by atoms with Gasteiger partial charge in [0.1, 0.15) is 0 Å². The van der Waals surface area contributed by atoms with Crippen LogP contribution in [0.5, 0.6) is 0 Å². The Balaban J connectivity index is 1.33. The second kappa shape index (κ2) is 9.79. The molecule has 0 N–H and O–H groups in total. The smallest absolute Gasteiger partial charge is 0.235 e. The van der Waals surface area contributed by atoms with E-state index in [9.17, 15) is 0 Å². The van der Waals surface area contributed by atoms with Gasteiger partial charge >= 0.3 is 0 Å². The molecule has 0 saturated carbocycles. The van der Waals surface area contributed by atoms with Crippen LogP contribution in [0, 0.1) is 0 Å². The standard InChI is InChI=1S/C40H26N4/c1-3-12-27(13-4-1)28-14-11-15-30(24-28)39-33-19-7-9-20-35(33)41-40(42-39)44-36-21-10-8-18-32(36)34-25-29-22-23-43(37(29)26-38(34)44)31-16-5-2-6-17-31/h1-26H. The van der Waals surface area contributed by atoms with Gasteiger partial charge in [-0.1, -0.05) is 103 Å². The van der Waals surface area contributed by atoms with Crippen molar-refractivity contribution >= 4 is 43.6 Å². The zero-order valence-electron chi connectivity index (χ0n) is 23.8. The molecular formula is C40H26N4. The third-order valence-corrected chi connectivity index (χ3v) is 8.55. The van der Waals surface area contributed by atoms with Gasteiger partial charge in [-0.25, -0.2) is 9.97 Å². The van der Waals surface area contributed by atoms with Crippen LogP contribution in [0.4, 0.5) is 0 Å². The highest BCUT2D eigenvalue weighted by Gasteiger charge is 2.19. The number of hydrogen-bond donors (Lipinski definition) is 0. The number of para-hydroxylation sites is 3. The second-order valence-electron chi connectivity index (χ2n) is 11.1. The molecule has 0 aliphatic rings. The fourth-order valence-corrected chi connectivity index (χ4v) is 6.49. The van der Waals surface area contributed by atoms with Crippen molar-refractivity contribution in [2.75, 3.05) is 0 Å². The normalized spacial score (nSPS) is 11.6. The summed E-state index contributed by atoms with van der Waals surface area (Å²) in [7, 11) is 0. The van der Waals surface area contributed by atoms with Gasteiger partial charge in [0.15, 0.2) is 0 Å². The van der Waals surface area contributed by atoms with E-state index in [1.165, 1.54) is 21.7 Å². The quantitative estimate of drug-likeness (QED) is 0.214. The van der Waals surface area contributed by atoms with Gasteiger partial charge in [0.25, 0.3) is 0 Å². The molecule has 4 nitrogen and oxygen atoms in total. The van der Waals surface area contributed by atoms with Crippen LogP contribution in [-0.2, 0) is 0 Å². The van der Waals surface area contributed by atoms with Crippen LogP contribution in [0.1, 0.15) is 0 Å². The zero-order valence-corrected chi connectivity index (χ0v) is 23.8. The maximum atomic E-state index is 5.34. The Kier molecular flexibility index (Phi) is 5.47. The highest BCUT2D eigenvalue weighted by molar-refractivity contribution is 6.13. The van der Waals surface area contributed by atoms with Gasteiger partial charge in [0.2, 0.25) is 5.95 Å². The monoisotopic (exact) mass is 562 g/mol. The minimum atomic E-state index is 0.659. The van der Waals surface area contributed by atoms with Crippen LogP contribution in [0.25, 0.3) is 77.6 Å². The van der Waals surface area contributed by atoms with Gasteiger partial charge < -0.3 is 4.57 Å². The molecule has 0 fully saturated rings. The Labute approximate surface area is 254 Å². The van der Waals surface area contributed by atoms with Crippen LogP contribution in [0.2, 0.25) is 0 Å². The van der Waals surface area contributed by atoms with Crippen LogP contribution in [0.15, 0.2) is 158 Å². The molecule has 9 aromatic rings. The number of nitrogens with zero attached hydrogens (tertiary/aromatic N) is 4. The largest absolute Gasteiger partial charge is 0.316 e. The highest BCUT2D eigenvalue weighted by Crippen LogP contribution is 2.37. The predicted octanol–water partition coefficient (Wildman–Crippen LogP) is 10.0. The first-order valence-electron chi connectivity index (χ1n) is 14.8. The molecule has 0 bridgehead atoms. The lowest BCUT2D eigenvalue weighted by Gasteiger charge is -2.13. The lowest BCUT2D eigenvalue weighted by Crippen LogP contribution is -2.03. The second-order valence-corrected chi connectivity index (χ2v) is 11.1. The molecule has 0 amide bonds. The van der Waals surface area contributed by atoms with Crippen molar-refractivity contribution in [3.8, 4) is 34.0 Å². The summed E-state index contributed by atoms with van der Waals surface area (Å²) in [5.74, 6) is 0.659. The fourth-order valence-electron chi connectivity index (χ4n) is 6.49. The molecular weight excluding hydrogens is 536 g/mol. The molecule has 0 radical (unpaired) electrons. The van der Waals surface area contributed by atoms with E-state index in [1.54, 1.807) is 0 Å². The first-order chi connectivity index (χ1) is 21.8. The fraction of sp³-hybridized carbons (Fsp3) is 0. The van der Waals surface area contributed by atoms with Crippen molar-refractivity contribution in [3.05, 3.63) is 158 Å². The highest BCUT2D eigenvalue weighted by atomic mass is 15.2. The summed E-state index contributed by atoms with van der Waals surface area (Å²) in [6.45, 7) is 0. The Morgan fingerprint density at radius 3 is 2.00 bits per heavy atom. The van der Waals surface area contributed by atoms with E-state index >= 15 is 0 Å². The first kappa shape index (κ1) is 24.6. The minimum absolute atomic E-state index is 0.659. The van der Waals surface area contributed by atoms with Crippen molar-refractivity contribution < 1.29 is 0 Å². The first-order valence-corrected chi connectivity index (χ1v) is 14.8. The maximum Gasteiger partial charge on any atom is 0.235 e. The van der Waals surface area contributed by atoms with Crippen molar-refractivity contribution in [3.63, 3.8) is 0 Å². The molecule has 206 valence electrons. The van der Waals surface area contributed by atoms with Gasteiger partial charge in [0, 0.05) is 39.0 Å². The van der Waals surface area contributed by atoms with Gasteiger partial charge in [-0.05, 0) is 59.7 Å². The van der Waals surface area contributed by atoms with Crippen LogP contribution < -0.4 is 0 Å². The third kappa shape index (κ3) is 3.85. The van der Waals surface area contributed by atoms with E-state index in [2.05, 4.69) is 155 Å². The summed E-state index contributed by atoms with van der Waals surface area (Å²) in [5.41, 5.74) is 9.67. The molecule has 9 rings (SSSR count). The molecule has 0 aliphatic carbocycles. The Morgan fingerprint density at radius 2 is 1.14 bits per heavy atom. The van der Waals surface area contributed by atoms with E-state index < -0.39 is 0 Å². The van der Waals surface area contributed by atoms with E-state index in [4.69, 9.17) is 9.97 Å². The Bertz CT molecular complexity index is 2490. The molecule has 0 spiro atoms. The van der Waals surface area contributed by atoms with Crippen LogP contribution in [0.3, 0.4) is 0 Å². The molecule has 3 aromatic heterocycles. The van der Waals surface area contributed by atoms with Crippen LogP contribution in [-0.4, -0.2) is 19.1 Å². The summed E-state index contributed by atoms with van der Waals surface area (Å²) >= 11 is 0. The molecule has 0 atom stereocenters. The third-order valence-electron chi connectivity index (χ3n) is 8.55. The molecule has 4 heteroatoms. The van der Waals surface area contributed by atoms with Gasteiger partial charge in [-0.3, -0.25) is 4.57 Å². The summed E-state index contributed by atoms with van der Waals surface area (Å²) in [6.07, 6.45) is 2.15. The number of rotatable bonds is 4. The number of hydrogen-bond acceptors (Lipinski definition) is 2. The van der Waals surface area contributed by atoms with Crippen molar-refractivity contribution in [2.45, 2.75) is 0 Å². The molecule has 0 unspecified atom stereocenters. The van der Waals surface area contributed by atoms with E-state index in [-0.39, 0.29) is 0 Å². The van der Waals surface area contributed by atoms with E-state index in [0.29, 0.717) is 5.95 Å². The Morgan fingerprint density at radius 1 is 0.432 bits per heavy atom. The van der Waals surface area contributed by atoms with E-state index in [1.807, 2.05) is 12.1 Å². The topological polar surface area (TPSA) is 35.6 Å². The van der Waals surface area contributed by atoms with Crippen molar-refractivity contribution in [2.24, 2.45) is 0 Å². The number of benzene rings is 6. The van der Waals surface area contributed by atoms with Crippen molar-refractivity contribution in [1.29, 1.82) is 0 Å². The zero-order chi connectivity index (χ0) is 29.0.